The highest BCUT2D eigenvalue weighted by molar-refractivity contribution is 6.38. The minimum Gasteiger partial charge on any atom is -0.496 e. The zero-order valence-electron chi connectivity index (χ0n) is 28.8. The van der Waals surface area contributed by atoms with Crippen LogP contribution in [0.1, 0.15) is 25.0 Å². The molecule has 0 bridgehead atoms. The van der Waals surface area contributed by atoms with Crippen LogP contribution in [0.15, 0.2) is 54.9 Å². The van der Waals surface area contributed by atoms with E-state index >= 15 is 0 Å². The highest BCUT2D eigenvalue weighted by Crippen LogP contribution is 2.41. The van der Waals surface area contributed by atoms with Gasteiger partial charge in [0.05, 0.1) is 41.3 Å². The van der Waals surface area contributed by atoms with Crippen molar-refractivity contribution in [1.82, 2.24) is 34.6 Å². The number of nitrogens with zero attached hydrogens (tertiary/aromatic N) is 7. The average molecular weight is 719 g/mol. The number of halogens is 2. The number of carbonyl (C=O) groups is 2. The van der Waals surface area contributed by atoms with Crippen LogP contribution in [0.4, 0.5) is 0 Å². The molecule has 0 radical (unpaired) electrons. The van der Waals surface area contributed by atoms with Gasteiger partial charge in [-0.1, -0.05) is 59.6 Å². The Labute approximate surface area is 302 Å². The third kappa shape index (κ3) is 7.71. The summed E-state index contributed by atoms with van der Waals surface area (Å²) in [6, 6.07) is 15.6. The van der Waals surface area contributed by atoms with Gasteiger partial charge in [-0.25, -0.2) is 15.0 Å². The Kier molecular flexibility index (Phi) is 11.2. The number of aromatic nitrogens is 3. The van der Waals surface area contributed by atoms with Crippen molar-refractivity contribution in [2.45, 2.75) is 26.9 Å². The Balaban J connectivity index is 1.23. The number of amides is 2. The van der Waals surface area contributed by atoms with Crippen molar-refractivity contribution in [2.75, 3.05) is 66.6 Å². The van der Waals surface area contributed by atoms with Crippen molar-refractivity contribution < 1.29 is 19.1 Å². The first-order valence-corrected chi connectivity index (χ1v) is 17.4. The Morgan fingerprint density at radius 3 is 1.88 bits per heavy atom. The second kappa shape index (κ2) is 15.7. The average Bonchev–Trinajstić information content (AvgIpc) is 3.13. The highest BCUT2D eigenvalue weighted by Gasteiger charge is 2.23. The van der Waals surface area contributed by atoms with Gasteiger partial charge in [0.25, 0.3) is 0 Å². The highest BCUT2D eigenvalue weighted by atomic mass is 35.5. The molecule has 50 heavy (non-hydrogen) atoms. The lowest BCUT2D eigenvalue weighted by atomic mass is 10.0. The van der Waals surface area contributed by atoms with Crippen molar-refractivity contribution >= 4 is 35.0 Å². The van der Waals surface area contributed by atoms with E-state index in [1.54, 1.807) is 28.1 Å². The van der Waals surface area contributed by atoms with E-state index < -0.39 is 0 Å². The molecule has 0 saturated carbocycles. The molecule has 0 atom stereocenters. The number of pyridine rings is 1. The van der Waals surface area contributed by atoms with Crippen LogP contribution in [0.2, 0.25) is 10.0 Å². The number of benzene rings is 2. The SMILES string of the molecule is COc1cc(-c2ncnc(-c3cccc(-c4ccc(CN5CCN(C(C)=O)CC5)c(OC)n4)c3Cl)c2Cl)ccc1CN1CCN(C(C)=O)CC1. The summed E-state index contributed by atoms with van der Waals surface area (Å²) in [7, 11) is 3.27. The van der Waals surface area contributed by atoms with Crippen LogP contribution in [-0.2, 0) is 22.7 Å². The van der Waals surface area contributed by atoms with Gasteiger partial charge in [0.15, 0.2) is 0 Å². The van der Waals surface area contributed by atoms with E-state index in [-0.39, 0.29) is 11.8 Å². The number of hydrogen-bond donors (Lipinski definition) is 0. The molecule has 4 aromatic rings. The van der Waals surface area contributed by atoms with Crippen LogP contribution in [0.5, 0.6) is 11.6 Å². The first-order valence-electron chi connectivity index (χ1n) is 16.6. The zero-order valence-corrected chi connectivity index (χ0v) is 30.3. The van der Waals surface area contributed by atoms with Crippen LogP contribution < -0.4 is 9.47 Å². The van der Waals surface area contributed by atoms with Gasteiger partial charge >= 0.3 is 0 Å². The summed E-state index contributed by atoms with van der Waals surface area (Å²) in [5.74, 6) is 1.47. The van der Waals surface area contributed by atoms with Gasteiger partial charge in [-0.15, -0.1) is 0 Å². The summed E-state index contributed by atoms with van der Waals surface area (Å²) in [4.78, 5) is 45.7. The lowest BCUT2D eigenvalue weighted by Gasteiger charge is -2.34. The van der Waals surface area contributed by atoms with E-state index in [1.165, 1.54) is 6.33 Å². The third-order valence-electron chi connectivity index (χ3n) is 9.44. The first kappa shape index (κ1) is 35.5. The summed E-state index contributed by atoms with van der Waals surface area (Å²) < 4.78 is 11.5. The molecule has 4 heterocycles. The van der Waals surface area contributed by atoms with Gasteiger partial charge in [-0.05, 0) is 12.1 Å². The molecule has 0 unspecified atom stereocenters. The molecular weight excluding hydrogens is 677 g/mol. The van der Waals surface area contributed by atoms with Crippen LogP contribution in [0.3, 0.4) is 0 Å². The lowest BCUT2D eigenvalue weighted by Crippen LogP contribution is -2.47. The minimum atomic E-state index is 0.107. The van der Waals surface area contributed by atoms with Crippen LogP contribution in [0.25, 0.3) is 33.8 Å². The molecule has 0 spiro atoms. The first-order chi connectivity index (χ1) is 24.2. The molecule has 2 fully saturated rings. The van der Waals surface area contributed by atoms with Gasteiger partial charge in [-0.3, -0.25) is 19.4 Å². The van der Waals surface area contributed by atoms with E-state index in [0.29, 0.717) is 64.7 Å². The number of rotatable bonds is 9. The summed E-state index contributed by atoms with van der Waals surface area (Å²) >= 11 is 14.1. The molecule has 6 rings (SSSR count). The second-order valence-corrected chi connectivity index (χ2v) is 13.3. The third-order valence-corrected chi connectivity index (χ3v) is 10.2. The van der Waals surface area contributed by atoms with E-state index in [0.717, 1.165) is 67.3 Å². The Hall–Kier alpha value is -4.29. The van der Waals surface area contributed by atoms with Gasteiger partial charge < -0.3 is 19.3 Å². The zero-order chi connectivity index (χ0) is 35.4. The summed E-state index contributed by atoms with van der Waals surface area (Å²) in [6.07, 6.45) is 1.49. The molecule has 11 nitrogen and oxygen atoms in total. The van der Waals surface area contributed by atoms with Gasteiger partial charge in [-0.2, -0.15) is 0 Å². The van der Waals surface area contributed by atoms with E-state index in [4.69, 9.17) is 37.7 Å². The standard InChI is InChI=1S/C37H41Cl2N7O4/c1-24(47)45-16-12-43(13-17-45)21-27-9-8-26(20-32(27)49-3)35-34(39)36(41-23-40-35)30-7-5-6-29(33(30)38)31-11-10-28(37(42-31)50-4)22-44-14-18-46(19-15-44)25(2)48/h5-11,20,23H,12-19,21-22H2,1-4H3. The van der Waals surface area contributed by atoms with E-state index in [2.05, 4.69) is 19.8 Å². The number of hydrogen-bond acceptors (Lipinski definition) is 9. The molecule has 2 aliphatic heterocycles. The van der Waals surface area contributed by atoms with Crippen LogP contribution >= 0.6 is 23.2 Å². The molecule has 262 valence electrons. The molecule has 2 amide bonds. The molecule has 2 saturated heterocycles. The fourth-order valence-corrected chi connectivity index (χ4v) is 7.15. The maximum atomic E-state index is 11.7. The predicted octanol–water partition coefficient (Wildman–Crippen LogP) is 5.52. The monoisotopic (exact) mass is 717 g/mol. The van der Waals surface area contributed by atoms with Crippen LogP contribution in [0, 0.1) is 0 Å². The fourth-order valence-electron chi connectivity index (χ4n) is 6.53. The molecule has 2 aromatic carbocycles. The lowest BCUT2D eigenvalue weighted by molar-refractivity contribution is -0.131. The smallest absolute Gasteiger partial charge is 0.219 e. The molecule has 0 N–H and O–H groups in total. The van der Waals surface area contributed by atoms with E-state index in [9.17, 15) is 9.59 Å². The van der Waals surface area contributed by atoms with Crippen molar-refractivity contribution in [1.29, 1.82) is 0 Å². The molecule has 2 aromatic heterocycles. The second-order valence-electron chi connectivity index (χ2n) is 12.5. The Morgan fingerprint density at radius 1 is 0.700 bits per heavy atom. The quantitative estimate of drug-likeness (QED) is 0.221. The Morgan fingerprint density at radius 2 is 1.28 bits per heavy atom. The largest absolute Gasteiger partial charge is 0.496 e. The number of methoxy groups -OCH3 is 2. The number of carbonyl (C=O) groups excluding carboxylic acids is 2. The molecular formula is C37H41Cl2N7O4. The Bertz CT molecular complexity index is 1740. The summed E-state index contributed by atoms with van der Waals surface area (Å²) in [5, 5.41) is 0.826. The topological polar surface area (TPSA) is 104 Å². The molecule has 2 aliphatic rings. The van der Waals surface area contributed by atoms with Gasteiger partial charge in [0.1, 0.15) is 12.1 Å². The van der Waals surface area contributed by atoms with Gasteiger partial charge in [0.2, 0.25) is 17.7 Å². The maximum absolute atomic E-state index is 11.7. The van der Waals surface area contributed by atoms with Crippen molar-refractivity contribution in [2.24, 2.45) is 0 Å². The number of ether oxygens (including phenoxy) is 2. The normalized spacial score (nSPS) is 15.6. The van der Waals surface area contributed by atoms with Crippen LogP contribution in [-0.4, -0.2) is 113 Å². The van der Waals surface area contributed by atoms with Gasteiger partial charge in [0, 0.05) is 107 Å². The van der Waals surface area contributed by atoms with Crippen molar-refractivity contribution in [3.05, 3.63) is 76.0 Å². The van der Waals surface area contributed by atoms with Crippen molar-refractivity contribution in [3.8, 4) is 45.4 Å². The molecule has 0 aliphatic carbocycles. The van der Waals surface area contributed by atoms with E-state index in [1.807, 2.05) is 58.3 Å². The number of piperazine rings is 2. The summed E-state index contributed by atoms with van der Waals surface area (Å²) in [5.41, 5.74) is 5.88. The summed E-state index contributed by atoms with van der Waals surface area (Å²) in [6.45, 7) is 10.6. The van der Waals surface area contributed by atoms with Crippen molar-refractivity contribution in [3.63, 3.8) is 0 Å². The predicted molar refractivity (Wildman–Crippen MR) is 194 cm³/mol. The maximum Gasteiger partial charge on any atom is 0.219 e. The minimum absolute atomic E-state index is 0.107. The fraction of sp³-hybridized carbons (Fsp3) is 0.378. The molecule has 13 heteroatoms.